The second-order valence-electron chi connectivity index (χ2n) is 3.91. The smallest absolute Gasteiger partial charge is 0.120 e. The third kappa shape index (κ3) is 1.94. The summed E-state index contributed by atoms with van der Waals surface area (Å²) < 4.78 is 5.02. The van der Waals surface area contributed by atoms with Crippen LogP contribution in [0.1, 0.15) is 18.7 Å². The van der Waals surface area contributed by atoms with Crippen LogP contribution >= 0.6 is 0 Å². The first-order valence-corrected chi connectivity index (χ1v) is 5.21. The number of hydrogen-bond acceptors (Lipinski definition) is 3. The number of nitrogens with zero attached hydrogens (tertiary/aromatic N) is 1. The van der Waals surface area contributed by atoms with Gasteiger partial charge in [0.15, 0.2) is 0 Å². The molecule has 1 aliphatic rings. The van der Waals surface area contributed by atoms with E-state index < -0.39 is 0 Å². The van der Waals surface area contributed by atoms with Gasteiger partial charge in [-0.2, -0.15) is 0 Å². The van der Waals surface area contributed by atoms with Crippen LogP contribution in [0.3, 0.4) is 0 Å². The van der Waals surface area contributed by atoms with Crippen molar-refractivity contribution in [3.63, 3.8) is 0 Å². The Kier molecular flexibility index (Phi) is 2.07. The lowest BCUT2D eigenvalue weighted by Gasteiger charge is -1.97. The Morgan fingerprint density at radius 2 is 2.47 bits per heavy atom. The summed E-state index contributed by atoms with van der Waals surface area (Å²) in [7, 11) is 0. The van der Waals surface area contributed by atoms with E-state index in [0.29, 0.717) is 6.04 Å². The van der Waals surface area contributed by atoms with Gasteiger partial charge in [0, 0.05) is 11.6 Å². The Bertz CT molecular complexity index is 428. The molecule has 2 aromatic heterocycles. The molecule has 0 aromatic carbocycles. The van der Waals surface area contributed by atoms with E-state index in [1.165, 1.54) is 12.8 Å². The van der Waals surface area contributed by atoms with Crippen molar-refractivity contribution in [3.8, 4) is 11.3 Å². The van der Waals surface area contributed by atoms with Crippen LogP contribution < -0.4 is 5.32 Å². The molecule has 1 saturated carbocycles. The van der Waals surface area contributed by atoms with Crippen molar-refractivity contribution in [3.05, 3.63) is 30.6 Å². The molecule has 3 rings (SSSR count). The van der Waals surface area contributed by atoms with Gasteiger partial charge in [0.25, 0.3) is 0 Å². The average molecular weight is 203 g/mol. The molecule has 0 bridgehead atoms. The second-order valence-corrected chi connectivity index (χ2v) is 3.91. The molecule has 0 saturated heterocycles. The summed E-state index contributed by atoms with van der Waals surface area (Å²) >= 11 is 0. The highest BCUT2D eigenvalue weighted by molar-refractivity contribution is 5.56. The van der Waals surface area contributed by atoms with Crippen molar-refractivity contribution in [2.45, 2.75) is 25.4 Å². The zero-order chi connectivity index (χ0) is 10.1. The third-order valence-electron chi connectivity index (χ3n) is 2.60. The minimum Gasteiger partial charge on any atom is -0.472 e. The van der Waals surface area contributed by atoms with Crippen LogP contribution in [-0.2, 0) is 6.54 Å². The fourth-order valence-electron chi connectivity index (χ4n) is 1.55. The van der Waals surface area contributed by atoms with Crippen molar-refractivity contribution < 1.29 is 4.42 Å². The highest BCUT2D eigenvalue weighted by atomic mass is 16.3. The normalized spacial score (nSPS) is 15.7. The van der Waals surface area contributed by atoms with Gasteiger partial charge in [0.1, 0.15) is 5.82 Å². The Hall–Kier alpha value is -1.55. The highest BCUT2D eigenvalue weighted by Gasteiger charge is 2.20. The average Bonchev–Trinajstić information content (AvgIpc) is 2.78. The maximum atomic E-state index is 5.02. The molecule has 0 spiro atoms. The predicted octanol–water partition coefficient (Wildman–Crippen LogP) is 1.92. The standard InChI is InChI=1S/C11H13N3O/c1-2-9(1)12-6-11-13-5-10(14-11)8-3-4-15-7-8/h3-5,7,9,12H,1-2,6H2,(H,13,14). The largest absolute Gasteiger partial charge is 0.472 e. The van der Waals surface area contributed by atoms with Crippen LogP contribution in [0.15, 0.2) is 29.2 Å². The number of aromatic amines is 1. The van der Waals surface area contributed by atoms with Gasteiger partial charge in [-0.25, -0.2) is 4.98 Å². The van der Waals surface area contributed by atoms with Crippen LogP contribution in [0.4, 0.5) is 0 Å². The summed E-state index contributed by atoms with van der Waals surface area (Å²) in [6.07, 6.45) is 7.82. The van der Waals surface area contributed by atoms with E-state index in [1.807, 2.05) is 12.3 Å². The quantitative estimate of drug-likeness (QED) is 0.798. The van der Waals surface area contributed by atoms with Gasteiger partial charge in [-0.15, -0.1) is 0 Å². The molecule has 2 N–H and O–H groups in total. The molecule has 0 amide bonds. The van der Waals surface area contributed by atoms with E-state index >= 15 is 0 Å². The van der Waals surface area contributed by atoms with Gasteiger partial charge in [0.2, 0.25) is 0 Å². The Labute approximate surface area is 87.7 Å². The summed E-state index contributed by atoms with van der Waals surface area (Å²) in [6, 6.07) is 2.64. The number of aromatic nitrogens is 2. The summed E-state index contributed by atoms with van der Waals surface area (Å²) in [4.78, 5) is 7.58. The zero-order valence-electron chi connectivity index (χ0n) is 8.36. The van der Waals surface area contributed by atoms with Gasteiger partial charge >= 0.3 is 0 Å². The molecule has 1 aliphatic carbocycles. The topological polar surface area (TPSA) is 53.9 Å². The van der Waals surface area contributed by atoms with Gasteiger partial charge in [-0.05, 0) is 18.9 Å². The fourth-order valence-corrected chi connectivity index (χ4v) is 1.55. The highest BCUT2D eigenvalue weighted by Crippen LogP contribution is 2.20. The van der Waals surface area contributed by atoms with Crippen molar-refractivity contribution in [1.29, 1.82) is 0 Å². The molecule has 1 fully saturated rings. The van der Waals surface area contributed by atoms with Crippen LogP contribution in [0.2, 0.25) is 0 Å². The van der Waals surface area contributed by atoms with Crippen molar-refractivity contribution in [2.75, 3.05) is 0 Å². The molecule has 0 atom stereocenters. The molecular weight excluding hydrogens is 190 g/mol. The van der Waals surface area contributed by atoms with E-state index in [4.69, 9.17) is 4.42 Å². The molecule has 0 unspecified atom stereocenters. The number of rotatable bonds is 4. The molecule has 4 heteroatoms. The van der Waals surface area contributed by atoms with E-state index in [0.717, 1.165) is 23.6 Å². The van der Waals surface area contributed by atoms with Crippen molar-refractivity contribution in [1.82, 2.24) is 15.3 Å². The van der Waals surface area contributed by atoms with Crippen molar-refractivity contribution in [2.24, 2.45) is 0 Å². The van der Waals surface area contributed by atoms with Gasteiger partial charge in [0.05, 0.1) is 31.0 Å². The summed E-state index contributed by atoms with van der Waals surface area (Å²) in [5, 5.41) is 3.41. The SMILES string of the molecule is c1cc(-c2cnc(CNC3CC3)[nH]2)co1. The van der Waals surface area contributed by atoms with Crippen LogP contribution in [0.25, 0.3) is 11.3 Å². The minimum atomic E-state index is 0.715. The lowest BCUT2D eigenvalue weighted by molar-refractivity contribution is 0.568. The number of hydrogen-bond donors (Lipinski definition) is 2. The molecule has 2 heterocycles. The van der Waals surface area contributed by atoms with Crippen LogP contribution in [-0.4, -0.2) is 16.0 Å². The number of imidazole rings is 1. The van der Waals surface area contributed by atoms with Gasteiger partial charge < -0.3 is 14.7 Å². The number of H-pyrrole nitrogens is 1. The Balaban J connectivity index is 1.69. The first-order valence-electron chi connectivity index (χ1n) is 5.21. The molecule has 0 aliphatic heterocycles. The van der Waals surface area contributed by atoms with Crippen LogP contribution in [0.5, 0.6) is 0 Å². The zero-order valence-corrected chi connectivity index (χ0v) is 8.36. The predicted molar refractivity (Wildman–Crippen MR) is 56.2 cm³/mol. The van der Waals surface area contributed by atoms with E-state index in [9.17, 15) is 0 Å². The minimum absolute atomic E-state index is 0.715. The Morgan fingerprint density at radius 3 is 3.20 bits per heavy atom. The fraction of sp³-hybridized carbons (Fsp3) is 0.364. The summed E-state index contributed by atoms with van der Waals surface area (Å²) in [5.41, 5.74) is 2.05. The molecule has 15 heavy (non-hydrogen) atoms. The second kappa shape index (κ2) is 3.55. The summed E-state index contributed by atoms with van der Waals surface area (Å²) in [6.45, 7) is 0.822. The molecule has 78 valence electrons. The first kappa shape index (κ1) is 8.73. The number of nitrogens with one attached hydrogen (secondary N) is 2. The molecule has 4 nitrogen and oxygen atoms in total. The third-order valence-corrected chi connectivity index (χ3v) is 2.60. The molecule has 2 aromatic rings. The van der Waals surface area contributed by atoms with Gasteiger partial charge in [-0.1, -0.05) is 0 Å². The van der Waals surface area contributed by atoms with Crippen molar-refractivity contribution >= 4 is 0 Å². The van der Waals surface area contributed by atoms with E-state index in [1.54, 1.807) is 12.5 Å². The monoisotopic (exact) mass is 203 g/mol. The summed E-state index contributed by atoms with van der Waals surface area (Å²) in [5.74, 6) is 0.984. The lowest BCUT2D eigenvalue weighted by Crippen LogP contribution is -2.16. The first-order chi connectivity index (χ1) is 7.42. The molecule has 0 radical (unpaired) electrons. The maximum absolute atomic E-state index is 5.02. The van der Waals surface area contributed by atoms with E-state index in [-0.39, 0.29) is 0 Å². The molecular formula is C11H13N3O. The lowest BCUT2D eigenvalue weighted by atomic mass is 10.3. The maximum Gasteiger partial charge on any atom is 0.120 e. The van der Waals surface area contributed by atoms with Gasteiger partial charge in [-0.3, -0.25) is 0 Å². The van der Waals surface area contributed by atoms with E-state index in [2.05, 4.69) is 15.3 Å². The van der Waals surface area contributed by atoms with Crippen LogP contribution in [0, 0.1) is 0 Å². The Morgan fingerprint density at radius 1 is 1.53 bits per heavy atom. The number of furan rings is 1.